The number of anilines is 1. The van der Waals surface area contributed by atoms with Crippen molar-refractivity contribution in [3.05, 3.63) is 29.8 Å². The topological polar surface area (TPSA) is 29.5 Å². The largest absolute Gasteiger partial charge is 0.363 e. The van der Waals surface area contributed by atoms with Gasteiger partial charge in [-0.15, -0.1) is 0 Å². The average Bonchev–Trinajstić information content (AvgIpc) is 2.16. The molecular formula is C12H13NO2. The maximum Gasteiger partial charge on any atom is 0.256 e. The fraction of sp³-hybridized carbons (Fsp3) is 0.417. The number of benzene rings is 1. The summed E-state index contributed by atoms with van der Waals surface area (Å²) in [5.41, 5.74) is 2.18. The van der Waals surface area contributed by atoms with Gasteiger partial charge in [0.1, 0.15) is 6.10 Å². The van der Waals surface area contributed by atoms with Gasteiger partial charge in [0.05, 0.1) is 12.6 Å². The molecule has 2 unspecified atom stereocenters. The molecule has 1 aromatic carbocycles. The molecule has 78 valence electrons. The van der Waals surface area contributed by atoms with Crippen LogP contribution in [0.5, 0.6) is 0 Å². The predicted octanol–water partition coefficient (Wildman–Crippen LogP) is 1.50. The Kier molecular flexibility index (Phi) is 1.83. The van der Waals surface area contributed by atoms with Crippen molar-refractivity contribution < 1.29 is 9.53 Å². The summed E-state index contributed by atoms with van der Waals surface area (Å²) < 4.78 is 5.38. The van der Waals surface area contributed by atoms with Crippen LogP contribution in [-0.4, -0.2) is 24.7 Å². The van der Waals surface area contributed by atoms with Crippen molar-refractivity contribution in [2.24, 2.45) is 0 Å². The SMILES string of the molecule is Cc1cccc(N2CC3CC(O3)C2=O)c1. The molecule has 0 aromatic heterocycles. The van der Waals surface area contributed by atoms with Gasteiger partial charge >= 0.3 is 0 Å². The third-order valence-corrected chi connectivity index (χ3v) is 3.07. The average molecular weight is 203 g/mol. The number of ether oxygens (including phenoxy) is 1. The smallest absolute Gasteiger partial charge is 0.256 e. The van der Waals surface area contributed by atoms with Gasteiger partial charge in [-0.1, -0.05) is 12.1 Å². The Morgan fingerprint density at radius 2 is 2.27 bits per heavy atom. The zero-order valence-electron chi connectivity index (χ0n) is 8.64. The molecule has 0 radical (unpaired) electrons. The van der Waals surface area contributed by atoms with Crippen molar-refractivity contribution in [2.75, 3.05) is 11.4 Å². The van der Waals surface area contributed by atoms with Crippen LogP contribution in [0.4, 0.5) is 5.69 Å². The van der Waals surface area contributed by atoms with Gasteiger partial charge < -0.3 is 9.64 Å². The highest BCUT2D eigenvalue weighted by Gasteiger charge is 2.45. The van der Waals surface area contributed by atoms with Crippen molar-refractivity contribution >= 4 is 11.6 Å². The van der Waals surface area contributed by atoms with Crippen molar-refractivity contribution in [1.29, 1.82) is 0 Å². The van der Waals surface area contributed by atoms with E-state index in [9.17, 15) is 4.79 Å². The highest BCUT2D eigenvalue weighted by Crippen LogP contribution is 2.32. The Hall–Kier alpha value is -1.35. The number of fused-ring (bicyclic) bond motifs is 2. The summed E-state index contributed by atoms with van der Waals surface area (Å²) in [6.07, 6.45) is 0.985. The van der Waals surface area contributed by atoms with E-state index in [-0.39, 0.29) is 18.1 Å². The molecule has 3 heterocycles. The summed E-state index contributed by atoms with van der Waals surface area (Å²) in [7, 11) is 0. The van der Waals surface area contributed by atoms with Gasteiger partial charge in [0.15, 0.2) is 0 Å². The number of carbonyl (C=O) groups is 1. The Balaban J connectivity index is 1.91. The van der Waals surface area contributed by atoms with Crippen molar-refractivity contribution in [1.82, 2.24) is 0 Å². The Labute approximate surface area is 88.6 Å². The number of hydrogen-bond donors (Lipinski definition) is 0. The molecule has 2 bridgehead atoms. The lowest BCUT2D eigenvalue weighted by atomic mass is 9.97. The molecule has 3 aliphatic heterocycles. The second kappa shape index (κ2) is 3.07. The van der Waals surface area contributed by atoms with E-state index in [1.807, 2.05) is 36.1 Å². The van der Waals surface area contributed by atoms with E-state index in [0.29, 0.717) is 6.54 Å². The fourth-order valence-electron chi connectivity index (χ4n) is 2.23. The second-order valence-corrected chi connectivity index (χ2v) is 4.27. The van der Waals surface area contributed by atoms with Crippen LogP contribution in [0.25, 0.3) is 0 Å². The number of hydrogen-bond acceptors (Lipinski definition) is 2. The van der Waals surface area contributed by atoms with E-state index in [0.717, 1.165) is 12.1 Å². The minimum absolute atomic E-state index is 0.114. The summed E-state index contributed by atoms with van der Waals surface area (Å²) in [5.74, 6) is 0.114. The quantitative estimate of drug-likeness (QED) is 0.692. The number of morpholine rings is 1. The molecule has 0 N–H and O–H groups in total. The van der Waals surface area contributed by atoms with Crippen molar-refractivity contribution in [2.45, 2.75) is 25.6 Å². The third-order valence-electron chi connectivity index (χ3n) is 3.07. The monoisotopic (exact) mass is 203 g/mol. The molecule has 3 heteroatoms. The predicted molar refractivity (Wildman–Crippen MR) is 56.8 cm³/mol. The maximum absolute atomic E-state index is 11.9. The van der Waals surface area contributed by atoms with E-state index < -0.39 is 0 Å². The molecule has 0 saturated carbocycles. The lowest BCUT2D eigenvalue weighted by molar-refractivity contribution is -0.169. The first kappa shape index (κ1) is 8.92. The molecule has 3 aliphatic rings. The number of nitrogens with zero attached hydrogens (tertiary/aromatic N) is 1. The van der Waals surface area contributed by atoms with E-state index in [1.54, 1.807) is 0 Å². The van der Waals surface area contributed by atoms with E-state index >= 15 is 0 Å². The van der Waals surface area contributed by atoms with Gasteiger partial charge in [0, 0.05) is 12.1 Å². The molecule has 2 atom stereocenters. The summed E-state index contributed by atoms with van der Waals surface area (Å²) in [6.45, 7) is 2.74. The standard InChI is InChI=1S/C12H13NO2/c1-8-3-2-4-9(5-8)13-7-10-6-11(15-10)12(13)14/h2-5,10-11H,6-7H2,1H3. The van der Waals surface area contributed by atoms with Crippen LogP contribution in [0, 0.1) is 6.92 Å². The molecule has 3 fully saturated rings. The van der Waals surface area contributed by atoms with Crippen LogP contribution in [0.15, 0.2) is 24.3 Å². The number of aryl methyl sites for hydroxylation is 1. The molecule has 15 heavy (non-hydrogen) atoms. The molecular weight excluding hydrogens is 190 g/mol. The maximum atomic E-state index is 11.9. The first-order valence-electron chi connectivity index (χ1n) is 5.27. The number of rotatable bonds is 1. The molecule has 1 amide bonds. The van der Waals surface area contributed by atoms with Crippen LogP contribution < -0.4 is 4.90 Å². The van der Waals surface area contributed by atoms with Gasteiger partial charge in [-0.05, 0) is 24.6 Å². The molecule has 3 saturated heterocycles. The van der Waals surface area contributed by atoms with Crippen molar-refractivity contribution in [3.8, 4) is 0 Å². The Bertz CT molecular complexity index is 410. The molecule has 1 aromatic rings. The number of amides is 1. The molecule has 3 nitrogen and oxygen atoms in total. The Morgan fingerprint density at radius 1 is 1.47 bits per heavy atom. The third kappa shape index (κ3) is 1.35. The van der Waals surface area contributed by atoms with Crippen LogP contribution in [0.2, 0.25) is 0 Å². The second-order valence-electron chi connectivity index (χ2n) is 4.27. The number of carbonyl (C=O) groups excluding carboxylic acids is 1. The van der Waals surface area contributed by atoms with Gasteiger partial charge in [0.2, 0.25) is 0 Å². The minimum Gasteiger partial charge on any atom is -0.363 e. The van der Waals surface area contributed by atoms with E-state index in [4.69, 9.17) is 4.74 Å². The van der Waals surface area contributed by atoms with Crippen LogP contribution in [0.1, 0.15) is 12.0 Å². The number of piperidine rings is 1. The fourth-order valence-corrected chi connectivity index (χ4v) is 2.23. The van der Waals surface area contributed by atoms with Gasteiger partial charge in [-0.3, -0.25) is 4.79 Å². The zero-order chi connectivity index (χ0) is 10.4. The normalized spacial score (nSPS) is 28.9. The summed E-state index contributed by atoms with van der Waals surface area (Å²) >= 11 is 0. The zero-order valence-corrected chi connectivity index (χ0v) is 8.64. The summed E-state index contributed by atoms with van der Waals surface area (Å²) in [4.78, 5) is 13.7. The van der Waals surface area contributed by atoms with Gasteiger partial charge in [-0.25, -0.2) is 0 Å². The molecule has 0 spiro atoms. The Morgan fingerprint density at radius 3 is 2.93 bits per heavy atom. The lowest BCUT2D eigenvalue weighted by Crippen LogP contribution is -2.61. The molecule has 4 rings (SSSR count). The summed E-state index contributed by atoms with van der Waals surface area (Å²) in [5, 5.41) is 0. The molecule has 0 aliphatic carbocycles. The van der Waals surface area contributed by atoms with Gasteiger partial charge in [0.25, 0.3) is 5.91 Å². The van der Waals surface area contributed by atoms with Gasteiger partial charge in [-0.2, -0.15) is 0 Å². The highest BCUT2D eigenvalue weighted by atomic mass is 16.5. The van der Waals surface area contributed by atoms with Crippen LogP contribution >= 0.6 is 0 Å². The first-order valence-corrected chi connectivity index (χ1v) is 5.27. The minimum atomic E-state index is -0.177. The van der Waals surface area contributed by atoms with Crippen molar-refractivity contribution in [3.63, 3.8) is 0 Å². The van der Waals surface area contributed by atoms with Crippen LogP contribution in [0.3, 0.4) is 0 Å². The lowest BCUT2D eigenvalue weighted by Gasteiger charge is -2.46. The summed E-state index contributed by atoms with van der Waals surface area (Å²) in [6, 6.07) is 8.05. The van der Waals surface area contributed by atoms with Crippen LogP contribution in [-0.2, 0) is 9.53 Å². The van der Waals surface area contributed by atoms with E-state index in [2.05, 4.69) is 0 Å². The van der Waals surface area contributed by atoms with E-state index in [1.165, 1.54) is 5.56 Å². The first-order chi connectivity index (χ1) is 7.24. The highest BCUT2D eigenvalue weighted by molar-refractivity contribution is 5.98.